The highest BCUT2D eigenvalue weighted by Gasteiger charge is 2.25. The highest BCUT2D eigenvalue weighted by Crippen LogP contribution is 2.35. The molecule has 2 aromatic heterocycles. The maximum atomic E-state index is 13.0. The summed E-state index contributed by atoms with van der Waals surface area (Å²) in [7, 11) is -3.63. The molecule has 1 fully saturated rings. The van der Waals surface area contributed by atoms with Crippen LogP contribution in [0.2, 0.25) is 0 Å². The quantitative estimate of drug-likeness (QED) is 0.577. The van der Waals surface area contributed by atoms with Crippen molar-refractivity contribution in [2.75, 3.05) is 11.9 Å². The van der Waals surface area contributed by atoms with Crippen molar-refractivity contribution in [3.05, 3.63) is 66.6 Å². The predicted molar refractivity (Wildman–Crippen MR) is 114 cm³/mol. The summed E-state index contributed by atoms with van der Waals surface area (Å²) in [5, 5.41) is 3.05. The SMILES string of the molecule is O=S(=O)(NCC1CCC(c2ccnc(Nc3cnccn3)n2)CC1)c1ccc(F)cc1. The van der Waals surface area contributed by atoms with Gasteiger partial charge in [0.15, 0.2) is 5.82 Å². The van der Waals surface area contributed by atoms with Crippen molar-refractivity contribution >= 4 is 21.8 Å². The molecule has 0 bridgehead atoms. The predicted octanol–water partition coefficient (Wildman–Crippen LogP) is 3.40. The van der Waals surface area contributed by atoms with Crippen LogP contribution in [0.3, 0.4) is 0 Å². The molecule has 1 aromatic carbocycles. The fourth-order valence-corrected chi connectivity index (χ4v) is 4.84. The van der Waals surface area contributed by atoms with Gasteiger partial charge in [0, 0.05) is 36.7 Å². The Morgan fingerprint density at radius 3 is 2.45 bits per heavy atom. The van der Waals surface area contributed by atoms with Crippen LogP contribution in [-0.2, 0) is 10.0 Å². The fourth-order valence-electron chi connectivity index (χ4n) is 3.73. The van der Waals surface area contributed by atoms with Crippen molar-refractivity contribution in [3.8, 4) is 0 Å². The second-order valence-electron chi connectivity index (χ2n) is 7.54. The second kappa shape index (κ2) is 9.44. The monoisotopic (exact) mass is 442 g/mol. The largest absolute Gasteiger partial charge is 0.307 e. The number of anilines is 2. The van der Waals surface area contributed by atoms with E-state index < -0.39 is 15.8 Å². The number of rotatable bonds is 7. The van der Waals surface area contributed by atoms with Crippen LogP contribution >= 0.6 is 0 Å². The number of hydrogen-bond acceptors (Lipinski definition) is 7. The summed E-state index contributed by atoms with van der Waals surface area (Å²) in [4.78, 5) is 17.1. The number of hydrogen-bond donors (Lipinski definition) is 2. The average Bonchev–Trinajstić information content (AvgIpc) is 2.79. The minimum atomic E-state index is -3.63. The molecular weight excluding hydrogens is 419 g/mol. The minimum absolute atomic E-state index is 0.0757. The molecular formula is C21H23FN6O2S. The molecule has 4 rings (SSSR count). The zero-order valence-corrected chi connectivity index (χ0v) is 17.6. The summed E-state index contributed by atoms with van der Waals surface area (Å²) in [6.07, 6.45) is 10.2. The van der Waals surface area contributed by atoms with Crippen LogP contribution in [0, 0.1) is 11.7 Å². The lowest BCUT2D eigenvalue weighted by molar-refractivity contribution is 0.322. The molecule has 1 saturated carbocycles. The summed E-state index contributed by atoms with van der Waals surface area (Å²) in [5.74, 6) is 1.15. The van der Waals surface area contributed by atoms with Crippen molar-refractivity contribution in [2.45, 2.75) is 36.5 Å². The van der Waals surface area contributed by atoms with E-state index in [1.165, 1.54) is 12.1 Å². The molecule has 2 heterocycles. The van der Waals surface area contributed by atoms with E-state index >= 15 is 0 Å². The van der Waals surface area contributed by atoms with Crippen LogP contribution in [0.5, 0.6) is 0 Å². The normalized spacial score (nSPS) is 19.1. The number of nitrogens with one attached hydrogen (secondary N) is 2. The van der Waals surface area contributed by atoms with E-state index in [0.717, 1.165) is 43.5 Å². The van der Waals surface area contributed by atoms with E-state index in [1.54, 1.807) is 24.8 Å². The first-order chi connectivity index (χ1) is 15.0. The second-order valence-corrected chi connectivity index (χ2v) is 9.31. The third kappa shape index (κ3) is 5.59. The molecule has 3 aromatic rings. The maximum Gasteiger partial charge on any atom is 0.240 e. The van der Waals surface area contributed by atoms with Crippen LogP contribution in [-0.4, -0.2) is 34.9 Å². The Kier molecular flexibility index (Phi) is 6.47. The topological polar surface area (TPSA) is 110 Å². The van der Waals surface area contributed by atoms with Gasteiger partial charge in [-0.3, -0.25) is 4.98 Å². The van der Waals surface area contributed by atoms with Gasteiger partial charge in [0.05, 0.1) is 11.1 Å². The van der Waals surface area contributed by atoms with E-state index in [1.807, 2.05) is 6.07 Å². The van der Waals surface area contributed by atoms with Gasteiger partial charge in [-0.1, -0.05) is 0 Å². The molecule has 0 spiro atoms. The number of aromatic nitrogens is 4. The number of nitrogens with zero attached hydrogens (tertiary/aromatic N) is 4. The molecule has 162 valence electrons. The molecule has 0 radical (unpaired) electrons. The van der Waals surface area contributed by atoms with Crippen LogP contribution in [0.4, 0.5) is 16.2 Å². The highest BCUT2D eigenvalue weighted by molar-refractivity contribution is 7.89. The molecule has 1 aliphatic carbocycles. The number of benzene rings is 1. The van der Waals surface area contributed by atoms with E-state index in [0.29, 0.717) is 24.2 Å². The molecule has 2 N–H and O–H groups in total. The average molecular weight is 443 g/mol. The summed E-state index contributed by atoms with van der Waals surface area (Å²) in [6.45, 7) is 0.371. The minimum Gasteiger partial charge on any atom is -0.307 e. The van der Waals surface area contributed by atoms with E-state index in [2.05, 4.69) is 30.0 Å². The van der Waals surface area contributed by atoms with Gasteiger partial charge in [-0.25, -0.2) is 32.5 Å². The Hall–Kier alpha value is -2.98. The fraction of sp³-hybridized carbons (Fsp3) is 0.333. The van der Waals surface area contributed by atoms with Gasteiger partial charge < -0.3 is 5.32 Å². The number of sulfonamides is 1. The zero-order valence-electron chi connectivity index (χ0n) is 16.8. The van der Waals surface area contributed by atoms with Gasteiger partial charge in [0.1, 0.15) is 5.82 Å². The smallest absolute Gasteiger partial charge is 0.240 e. The Morgan fingerprint density at radius 2 is 1.74 bits per heavy atom. The molecule has 0 aliphatic heterocycles. The first kappa shape index (κ1) is 21.3. The molecule has 1 aliphatic rings. The molecule has 0 saturated heterocycles. The van der Waals surface area contributed by atoms with Crippen molar-refractivity contribution < 1.29 is 12.8 Å². The van der Waals surface area contributed by atoms with Gasteiger partial charge >= 0.3 is 0 Å². The zero-order chi connectivity index (χ0) is 21.7. The van der Waals surface area contributed by atoms with Crippen molar-refractivity contribution in [2.24, 2.45) is 5.92 Å². The Labute approximate surface area is 180 Å². The van der Waals surface area contributed by atoms with Crippen molar-refractivity contribution in [1.29, 1.82) is 0 Å². The molecule has 0 unspecified atom stereocenters. The van der Waals surface area contributed by atoms with Crippen LogP contribution in [0.15, 0.2) is 60.0 Å². The Morgan fingerprint density at radius 1 is 0.968 bits per heavy atom. The van der Waals surface area contributed by atoms with E-state index in [4.69, 9.17) is 0 Å². The van der Waals surface area contributed by atoms with Crippen LogP contribution in [0.1, 0.15) is 37.3 Å². The molecule has 10 heteroatoms. The third-order valence-electron chi connectivity index (χ3n) is 5.43. The lowest BCUT2D eigenvalue weighted by Gasteiger charge is -2.28. The molecule has 0 atom stereocenters. The maximum absolute atomic E-state index is 13.0. The van der Waals surface area contributed by atoms with Gasteiger partial charge in [-0.2, -0.15) is 0 Å². The van der Waals surface area contributed by atoms with Crippen LogP contribution in [0.25, 0.3) is 0 Å². The van der Waals surface area contributed by atoms with Gasteiger partial charge in [-0.15, -0.1) is 0 Å². The summed E-state index contributed by atoms with van der Waals surface area (Å²) >= 11 is 0. The standard InChI is InChI=1S/C21H23FN6O2S/c22-17-5-7-18(8-6-17)31(29,30)26-13-15-1-3-16(4-2-15)19-9-10-25-21(27-19)28-20-14-23-11-12-24-20/h5-12,14-16,26H,1-4,13H2,(H,24,25,27,28). The van der Waals surface area contributed by atoms with E-state index in [-0.39, 0.29) is 10.8 Å². The van der Waals surface area contributed by atoms with Crippen molar-refractivity contribution in [1.82, 2.24) is 24.7 Å². The molecule has 31 heavy (non-hydrogen) atoms. The highest BCUT2D eigenvalue weighted by atomic mass is 32.2. The first-order valence-corrected chi connectivity index (χ1v) is 11.6. The number of halogens is 1. The van der Waals surface area contributed by atoms with E-state index in [9.17, 15) is 12.8 Å². The summed E-state index contributed by atoms with van der Waals surface area (Å²) in [5.41, 5.74) is 0.965. The summed E-state index contributed by atoms with van der Waals surface area (Å²) in [6, 6.07) is 6.76. The van der Waals surface area contributed by atoms with Gasteiger partial charge in [0.2, 0.25) is 16.0 Å². The first-order valence-electron chi connectivity index (χ1n) is 10.1. The van der Waals surface area contributed by atoms with Crippen LogP contribution < -0.4 is 10.0 Å². The van der Waals surface area contributed by atoms with Gasteiger partial charge in [0.25, 0.3) is 0 Å². The Bertz CT molecular complexity index is 1100. The lowest BCUT2D eigenvalue weighted by Crippen LogP contribution is -2.31. The summed E-state index contributed by atoms with van der Waals surface area (Å²) < 4.78 is 40.5. The van der Waals surface area contributed by atoms with Gasteiger partial charge in [-0.05, 0) is 61.9 Å². The molecule has 0 amide bonds. The Balaban J connectivity index is 1.31. The third-order valence-corrected chi connectivity index (χ3v) is 6.87. The van der Waals surface area contributed by atoms with Crippen molar-refractivity contribution in [3.63, 3.8) is 0 Å². The lowest BCUT2D eigenvalue weighted by atomic mass is 9.80. The molecule has 8 nitrogen and oxygen atoms in total.